The summed E-state index contributed by atoms with van der Waals surface area (Å²) in [6.07, 6.45) is -4.52. The molecular formula is C16H13F3O3. The molecule has 0 bridgehead atoms. The Morgan fingerprint density at radius 1 is 1.09 bits per heavy atom. The number of esters is 1. The quantitative estimate of drug-likeness (QED) is 0.770. The van der Waals surface area contributed by atoms with Crippen molar-refractivity contribution < 1.29 is 27.4 Å². The molecule has 0 aliphatic rings. The van der Waals surface area contributed by atoms with Gasteiger partial charge < -0.3 is 9.47 Å². The van der Waals surface area contributed by atoms with Crippen LogP contribution in [0.15, 0.2) is 48.5 Å². The Bertz CT molecular complexity index is 666. The summed E-state index contributed by atoms with van der Waals surface area (Å²) in [5, 5.41) is 0. The molecule has 0 fully saturated rings. The minimum Gasteiger partial charge on any atom is -0.462 e. The maximum atomic E-state index is 12.9. The van der Waals surface area contributed by atoms with E-state index in [9.17, 15) is 18.0 Å². The molecule has 0 saturated heterocycles. The first-order valence-corrected chi connectivity index (χ1v) is 6.53. The molecule has 2 aromatic rings. The Balaban J connectivity index is 2.29. The van der Waals surface area contributed by atoms with Crippen molar-refractivity contribution in [2.45, 2.75) is 13.1 Å². The zero-order chi connectivity index (χ0) is 16.2. The molecular weight excluding hydrogens is 297 g/mol. The van der Waals surface area contributed by atoms with Gasteiger partial charge in [-0.25, -0.2) is 4.79 Å². The first kappa shape index (κ1) is 15.9. The molecule has 116 valence electrons. The molecule has 0 aliphatic heterocycles. The summed E-state index contributed by atoms with van der Waals surface area (Å²) >= 11 is 0. The number of ether oxygens (including phenoxy) is 2. The summed E-state index contributed by atoms with van der Waals surface area (Å²) in [5.41, 5.74) is -0.666. The van der Waals surface area contributed by atoms with E-state index in [0.29, 0.717) is 0 Å². The summed E-state index contributed by atoms with van der Waals surface area (Å²) in [6.45, 7) is 1.87. The van der Waals surface area contributed by atoms with Crippen LogP contribution in [0.2, 0.25) is 0 Å². The van der Waals surface area contributed by atoms with Gasteiger partial charge in [0.25, 0.3) is 0 Å². The van der Waals surface area contributed by atoms with Gasteiger partial charge >= 0.3 is 12.1 Å². The van der Waals surface area contributed by atoms with Gasteiger partial charge in [0.1, 0.15) is 11.5 Å². The molecule has 2 aromatic carbocycles. The van der Waals surface area contributed by atoms with Gasteiger partial charge in [-0.2, -0.15) is 13.2 Å². The number of halogens is 3. The molecule has 22 heavy (non-hydrogen) atoms. The first-order chi connectivity index (χ1) is 10.4. The summed E-state index contributed by atoms with van der Waals surface area (Å²) in [4.78, 5) is 11.6. The third kappa shape index (κ3) is 3.78. The maximum absolute atomic E-state index is 12.9. The Hall–Kier alpha value is -2.50. The van der Waals surface area contributed by atoms with Crippen molar-refractivity contribution in [2.24, 2.45) is 0 Å². The van der Waals surface area contributed by atoms with Crippen LogP contribution in [0.1, 0.15) is 22.8 Å². The number of alkyl halides is 3. The van der Waals surface area contributed by atoms with Crippen molar-refractivity contribution in [1.29, 1.82) is 0 Å². The zero-order valence-electron chi connectivity index (χ0n) is 11.7. The summed E-state index contributed by atoms with van der Waals surface area (Å²) in [6, 6.07) is 10.7. The second-order valence-corrected chi connectivity index (χ2v) is 4.34. The normalized spacial score (nSPS) is 11.1. The fourth-order valence-electron chi connectivity index (χ4n) is 1.82. The summed E-state index contributed by atoms with van der Waals surface area (Å²) in [7, 11) is 0. The number of benzene rings is 2. The Labute approximate surface area is 125 Å². The minimum absolute atomic E-state index is 0.127. The van der Waals surface area contributed by atoms with E-state index in [1.807, 2.05) is 0 Å². The highest BCUT2D eigenvalue weighted by molar-refractivity contribution is 5.89. The summed E-state index contributed by atoms with van der Waals surface area (Å²) in [5.74, 6) is -0.754. The van der Waals surface area contributed by atoms with Gasteiger partial charge in [-0.05, 0) is 37.3 Å². The van der Waals surface area contributed by atoms with E-state index in [1.165, 1.54) is 42.5 Å². The van der Waals surface area contributed by atoms with Crippen LogP contribution in [0.4, 0.5) is 13.2 Å². The number of hydrogen-bond donors (Lipinski definition) is 0. The predicted octanol–water partition coefficient (Wildman–Crippen LogP) is 4.67. The second kappa shape index (κ2) is 6.51. The van der Waals surface area contributed by atoms with Crippen molar-refractivity contribution in [3.8, 4) is 11.5 Å². The maximum Gasteiger partial charge on any atom is 0.419 e. The SMILES string of the molecule is CCOC(=O)c1cccc(Oc2ccccc2C(F)(F)F)c1. The molecule has 0 radical (unpaired) electrons. The molecule has 0 aliphatic carbocycles. The zero-order valence-corrected chi connectivity index (χ0v) is 11.7. The molecule has 0 saturated carbocycles. The van der Waals surface area contributed by atoms with Crippen molar-refractivity contribution in [3.05, 3.63) is 59.7 Å². The minimum atomic E-state index is -4.52. The molecule has 0 aromatic heterocycles. The fourth-order valence-corrected chi connectivity index (χ4v) is 1.82. The molecule has 0 N–H and O–H groups in total. The molecule has 6 heteroatoms. The number of para-hydroxylation sites is 1. The smallest absolute Gasteiger partial charge is 0.419 e. The van der Waals surface area contributed by atoms with E-state index < -0.39 is 17.7 Å². The van der Waals surface area contributed by atoms with Gasteiger partial charge in [0, 0.05) is 0 Å². The van der Waals surface area contributed by atoms with E-state index in [4.69, 9.17) is 9.47 Å². The highest BCUT2D eigenvalue weighted by Crippen LogP contribution is 2.37. The fraction of sp³-hybridized carbons (Fsp3) is 0.188. The second-order valence-electron chi connectivity index (χ2n) is 4.34. The van der Waals surface area contributed by atoms with Crippen LogP contribution in [0.25, 0.3) is 0 Å². The third-order valence-corrected chi connectivity index (χ3v) is 2.77. The van der Waals surface area contributed by atoms with E-state index in [-0.39, 0.29) is 23.7 Å². The highest BCUT2D eigenvalue weighted by atomic mass is 19.4. The Morgan fingerprint density at radius 2 is 1.82 bits per heavy atom. The van der Waals surface area contributed by atoms with E-state index in [0.717, 1.165) is 6.07 Å². The van der Waals surface area contributed by atoms with E-state index in [1.54, 1.807) is 6.92 Å². The third-order valence-electron chi connectivity index (χ3n) is 2.77. The first-order valence-electron chi connectivity index (χ1n) is 6.53. The van der Waals surface area contributed by atoms with Gasteiger partial charge in [-0.3, -0.25) is 0 Å². The lowest BCUT2D eigenvalue weighted by Crippen LogP contribution is -2.07. The molecule has 0 spiro atoms. The Morgan fingerprint density at radius 3 is 2.50 bits per heavy atom. The number of carbonyl (C=O) groups is 1. The van der Waals surface area contributed by atoms with E-state index >= 15 is 0 Å². The van der Waals surface area contributed by atoms with Gasteiger partial charge in [0.15, 0.2) is 0 Å². The number of carbonyl (C=O) groups excluding carboxylic acids is 1. The molecule has 2 rings (SSSR count). The molecule has 0 atom stereocenters. The topological polar surface area (TPSA) is 35.5 Å². The highest BCUT2D eigenvalue weighted by Gasteiger charge is 2.34. The van der Waals surface area contributed by atoms with Crippen molar-refractivity contribution in [2.75, 3.05) is 6.61 Å². The van der Waals surface area contributed by atoms with Crippen LogP contribution < -0.4 is 4.74 Å². The van der Waals surface area contributed by atoms with Crippen LogP contribution in [0.3, 0.4) is 0 Å². The molecule has 3 nitrogen and oxygen atoms in total. The van der Waals surface area contributed by atoms with Crippen molar-refractivity contribution >= 4 is 5.97 Å². The van der Waals surface area contributed by atoms with Crippen LogP contribution in [0, 0.1) is 0 Å². The largest absolute Gasteiger partial charge is 0.462 e. The predicted molar refractivity (Wildman–Crippen MR) is 73.9 cm³/mol. The van der Waals surface area contributed by atoms with Crippen molar-refractivity contribution in [1.82, 2.24) is 0 Å². The van der Waals surface area contributed by atoms with Gasteiger partial charge in [-0.15, -0.1) is 0 Å². The lowest BCUT2D eigenvalue weighted by molar-refractivity contribution is -0.138. The number of hydrogen-bond acceptors (Lipinski definition) is 3. The van der Waals surface area contributed by atoms with Crippen LogP contribution >= 0.6 is 0 Å². The van der Waals surface area contributed by atoms with Crippen LogP contribution in [0.5, 0.6) is 11.5 Å². The van der Waals surface area contributed by atoms with Crippen LogP contribution in [-0.2, 0) is 10.9 Å². The lowest BCUT2D eigenvalue weighted by atomic mass is 10.2. The molecule has 0 amide bonds. The summed E-state index contributed by atoms with van der Waals surface area (Å²) < 4.78 is 48.8. The van der Waals surface area contributed by atoms with Crippen molar-refractivity contribution in [3.63, 3.8) is 0 Å². The molecule has 0 heterocycles. The van der Waals surface area contributed by atoms with Gasteiger partial charge in [0.2, 0.25) is 0 Å². The lowest BCUT2D eigenvalue weighted by Gasteiger charge is -2.13. The monoisotopic (exact) mass is 310 g/mol. The van der Waals surface area contributed by atoms with Gasteiger partial charge in [-0.1, -0.05) is 18.2 Å². The van der Waals surface area contributed by atoms with E-state index in [2.05, 4.69) is 0 Å². The Kier molecular flexibility index (Phi) is 4.70. The standard InChI is InChI=1S/C16H13F3O3/c1-2-21-15(20)11-6-5-7-12(10-11)22-14-9-4-3-8-13(14)16(17,18)19/h3-10H,2H2,1H3. The average molecular weight is 310 g/mol. The average Bonchev–Trinajstić information content (AvgIpc) is 2.47. The van der Waals surface area contributed by atoms with Crippen LogP contribution in [-0.4, -0.2) is 12.6 Å². The molecule has 0 unspecified atom stereocenters. The van der Waals surface area contributed by atoms with Gasteiger partial charge in [0.05, 0.1) is 17.7 Å². The number of rotatable bonds is 4.